The van der Waals surface area contributed by atoms with E-state index in [0.717, 1.165) is 5.56 Å². The molecule has 2 aromatic rings. The Kier molecular flexibility index (Phi) is 4.02. The highest BCUT2D eigenvalue weighted by Gasteiger charge is 2.15. The molecule has 0 amide bonds. The van der Waals surface area contributed by atoms with Gasteiger partial charge in [-0.15, -0.1) is 0 Å². The van der Waals surface area contributed by atoms with Crippen molar-refractivity contribution in [1.29, 1.82) is 0 Å². The van der Waals surface area contributed by atoms with Crippen LogP contribution in [0.25, 0.3) is 0 Å². The molecular weight excluding hydrogens is 245 g/mol. The maximum atomic E-state index is 13.7. The highest BCUT2D eigenvalue weighted by Crippen LogP contribution is 2.29. The summed E-state index contributed by atoms with van der Waals surface area (Å²) in [5.41, 5.74) is 7.29. The molecule has 0 saturated carbocycles. The topological polar surface area (TPSA) is 44.5 Å². The molecule has 2 aromatic carbocycles. The Hall–Kier alpha value is -2.07. The molecule has 1 atom stereocenters. The number of hydrogen-bond acceptors (Lipinski definition) is 3. The molecule has 0 bridgehead atoms. The van der Waals surface area contributed by atoms with Crippen LogP contribution in [-0.2, 0) is 0 Å². The quantitative estimate of drug-likeness (QED) is 0.920. The Morgan fingerprint density at radius 2 is 1.58 bits per heavy atom. The molecule has 0 saturated heterocycles. The number of halogens is 1. The van der Waals surface area contributed by atoms with Gasteiger partial charge in [0.15, 0.2) is 0 Å². The van der Waals surface area contributed by atoms with Gasteiger partial charge in [-0.1, -0.05) is 18.2 Å². The van der Waals surface area contributed by atoms with Crippen LogP contribution in [0.4, 0.5) is 4.39 Å². The predicted molar refractivity (Wildman–Crippen MR) is 72.0 cm³/mol. The van der Waals surface area contributed by atoms with Gasteiger partial charge in [-0.3, -0.25) is 0 Å². The van der Waals surface area contributed by atoms with Crippen LogP contribution < -0.4 is 15.2 Å². The summed E-state index contributed by atoms with van der Waals surface area (Å²) in [6.45, 7) is 0. The SMILES string of the molecule is COc1cc(OC)cc(C(N)c2ccccc2F)c1. The number of hydrogen-bond donors (Lipinski definition) is 1. The van der Waals surface area contributed by atoms with E-state index in [-0.39, 0.29) is 5.82 Å². The van der Waals surface area contributed by atoms with Gasteiger partial charge in [0.05, 0.1) is 20.3 Å². The maximum Gasteiger partial charge on any atom is 0.128 e. The Balaban J connectivity index is 2.43. The fraction of sp³-hybridized carbons (Fsp3) is 0.200. The van der Waals surface area contributed by atoms with Crippen LogP contribution in [0.5, 0.6) is 11.5 Å². The van der Waals surface area contributed by atoms with Gasteiger partial charge in [0, 0.05) is 11.6 Å². The number of ether oxygens (including phenoxy) is 2. The van der Waals surface area contributed by atoms with Crippen molar-refractivity contribution in [2.45, 2.75) is 6.04 Å². The van der Waals surface area contributed by atoms with Crippen LogP contribution in [0.15, 0.2) is 42.5 Å². The van der Waals surface area contributed by atoms with E-state index in [9.17, 15) is 4.39 Å². The zero-order valence-corrected chi connectivity index (χ0v) is 10.9. The molecule has 0 aromatic heterocycles. The molecule has 0 radical (unpaired) electrons. The lowest BCUT2D eigenvalue weighted by molar-refractivity contribution is 0.393. The first kappa shape index (κ1) is 13.4. The summed E-state index contributed by atoms with van der Waals surface area (Å²) in [5.74, 6) is 0.930. The lowest BCUT2D eigenvalue weighted by Gasteiger charge is -2.15. The van der Waals surface area contributed by atoms with Gasteiger partial charge in [0.2, 0.25) is 0 Å². The third-order valence-electron chi connectivity index (χ3n) is 2.97. The first-order chi connectivity index (χ1) is 9.15. The lowest BCUT2D eigenvalue weighted by Crippen LogP contribution is -2.13. The maximum absolute atomic E-state index is 13.7. The van der Waals surface area contributed by atoms with Crippen molar-refractivity contribution in [2.24, 2.45) is 5.73 Å². The minimum Gasteiger partial charge on any atom is -0.497 e. The molecule has 0 aliphatic rings. The molecule has 0 heterocycles. The third-order valence-corrected chi connectivity index (χ3v) is 2.97. The average Bonchev–Trinajstić information content (AvgIpc) is 2.46. The van der Waals surface area contributed by atoms with Crippen molar-refractivity contribution in [3.63, 3.8) is 0 Å². The number of benzene rings is 2. The molecule has 1 unspecified atom stereocenters. The van der Waals surface area contributed by atoms with Gasteiger partial charge in [0.1, 0.15) is 17.3 Å². The second-order valence-corrected chi connectivity index (χ2v) is 4.15. The molecular formula is C15H16FNO2. The highest BCUT2D eigenvalue weighted by atomic mass is 19.1. The average molecular weight is 261 g/mol. The van der Waals surface area contributed by atoms with E-state index in [1.54, 1.807) is 50.6 Å². The normalized spacial score (nSPS) is 12.0. The summed E-state index contributed by atoms with van der Waals surface area (Å²) >= 11 is 0. The molecule has 0 aliphatic carbocycles. The Bertz CT molecular complexity index is 550. The van der Waals surface area contributed by atoms with Gasteiger partial charge in [-0.2, -0.15) is 0 Å². The minimum atomic E-state index is -0.565. The van der Waals surface area contributed by atoms with Gasteiger partial charge < -0.3 is 15.2 Å². The lowest BCUT2D eigenvalue weighted by atomic mass is 9.98. The molecule has 4 heteroatoms. The molecule has 100 valence electrons. The van der Waals surface area contributed by atoms with E-state index in [0.29, 0.717) is 17.1 Å². The summed E-state index contributed by atoms with van der Waals surface area (Å²) in [4.78, 5) is 0. The zero-order chi connectivity index (χ0) is 13.8. The zero-order valence-electron chi connectivity index (χ0n) is 10.9. The fourth-order valence-corrected chi connectivity index (χ4v) is 1.92. The van der Waals surface area contributed by atoms with Crippen molar-refractivity contribution in [1.82, 2.24) is 0 Å². The predicted octanol–water partition coefficient (Wildman–Crippen LogP) is 2.89. The van der Waals surface area contributed by atoms with E-state index in [2.05, 4.69) is 0 Å². The molecule has 0 fully saturated rings. The summed E-state index contributed by atoms with van der Waals surface area (Å²) in [5, 5.41) is 0. The minimum absolute atomic E-state index is 0.322. The van der Waals surface area contributed by atoms with Crippen molar-refractivity contribution in [2.75, 3.05) is 14.2 Å². The van der Waals surface area contributed by atoms with Crippen LogP contribution in [0.3, 0.4) is 0 Å². The van der Waals surface area contributed by atoms with Crippen LogP contribution in [0, 0.1) is 5.82 Å². The van der Waals surface area contributed by atoms with Crippen molar-refractivity contribution in [3.05, 3.63) is 59.4 Å². The first-order valence-electron chi connectivity index (χ1n) is 5.88. The van der Waals surface area contributed by atoms with E-state index in [4.69, 9.17) is 15.2 Å². The molecule has 2 N–H and O–H groups in total. The summed E-state index contributed by atoms with van der Waals surface area (Å²) in [6, 6.07) is 11.2. The number of nitrogens with two attached hydrogens (primary N) is 1. The van der Waals surface area contributed by atoms with Crippen LogP contribution in [-0.4, -0.2) is 14.2 Å². The summed E-state index contributed by atoms with van der Waals surface area (Å²) < 4.78 is 24.1. The Labute approximate surface area is 111 Å². The van der Waals surface area contributed by atoms with E-state index in [1.807, 2.05) is 0 Å². The molecule has 19 heavy (non-hydrogen) atoms. The monoisotopic (exact) mass is 261 g/mol. The van der Waals surface area contributed by atoms with Gasteiger partial charge in [0.25, 0.3) is 0 Å². The van der Waals surface area contributed by atoms with Crippen LogP contribution in [0.1, 0.15) is 17.2 Å². The number of methoxy groups -OCH3 is 2. The first-order valence-corrected chi connectivity index (χ1v) is 5.88. The van der Waals surface area contributed by atoms with Crippen molar-refractivity contribution in [3.8, 4) is 11.5 Å². The molecule has 0 aliphatic heterocycles. The summed E-state index contributed by atoms with van der Waals surface area (Å²) in [7, 11) is 3.13. The van der Waals surface area contributed by atoms with Crippen molar-refractivity contribution < 1.29 is 13.9 Å². The largest absolute Gasteiger partial charge is 0.497 e. The smallest absolute Gasteiger partial charge is 0.128 e. The van der Waals surface area contributed by atoms with E-state index >= 15 is 0 Å². The third kappa shape index (κ3) is 2.85. The van der Waals surface area contributed by atoms with E-state index in [1.165, 1.54) is 6.07 Å². The van der Waals surface area contributed by atoms with Gasteiger partial charge in [-0.25, -0.2) is 4.39 Å². The second kappa shape index (κ2) is 5.71. The Morgan fingerprint density at radius 1 is 1.00 bits per heavy atom. The van der Waals surface area contributed by atoms with Gasteiger partial charge >= 0.3 is 0 Å². The number of rotatable bonds is 4. The molecule has 2 rings (SSSR count). The molecule has 0 spiro atoms. The second-order valence-electron chi connectivity index (χ2n) is 4.15. The van der Waals surface area contributed by atoms with Crippen LogP contribution >= 0.6 is 0 Å². The van der Waals surface area contributed by atoms with E-state index < -0.39 is 6.04 Å². The van der Waals surface area contributed by atoms with Crippen molar-refractivity contribution >= 4 is 0 Å². The van der Waals surface area contributed by atoms with Gasteiger partial charge in [-0.05, 0) is 23.8 Å². The fourth-order valence-electron chi connectivity index (χ4n) is 1.92. The van der Waals surface area contributed by atoms with Crippen LogP contribution in [0.2, 0.25) is 0 Å². The summed E-state index contributed by atoms with van der Waals surface area (Å²) in [6.07, 6.45) is 0. The highest BCUT2D eigenvalue weighted by molar-refractivity contribution is 5.43. The standard InChI is InChI=1S/C15H16FNO2/c1-18-11-7-10(8-12(9-11)19-2)15(17)13-5-3-4-6-14(13)16/h3-9,15H,17H2,1-2H3. The Morgan fingerprint density at radius 3 is 2.11 bits per heavy atom. The molecule has 3 nitrogen and oxygen atoms in total.